The molecule has 2 heterocycles. The highest BCUT2D eigenvalue weighted by Gasteiger charge is 2.11. The highest BCUT2D eigenvalue weighted by molar-refractivity contribution is 5.81. The van der Waals surface area contributed by atoms with Gasteiger partial charge < -0.3 is 5.32 Å². The lowest BCUT2D eigenvalue weighted by Crippen LogP contribution is -2.23. The van der Waals surface area contributed by atoms with Crippen LogP contribution in [0.25, 0.3) is 16.6 Å². The van der Waals surface area contributed by atoms with Crippen LogP contribution in [0.5, 0.6) is 0 Å². The lowest BCUT2D eigenvalue weighted by Gasteiger charge is -2.04. The zero-order valence-electron chi connectivity index (χ0n) is 13.3. The summed E-state index contributed by atoms with van der Waals surface area (Å²) in [5, 5.41) is 25.5. The summed E-state index contributed by atoms with van der Waals surface area (Å²) in [5.41, 5.74) is 2.72. The summed E-state index contributed by atoms with van der Waals surface area (Å²) >= 11 is 0. The fraction of sp³-hybridized carbons (Fsp3) is 0.267. The van der Waals surface area contributed by atoms with Crippen molar-refractivity contribution >= 4 is 22.3 Å². The molecule has 0 aliphatic rings. The monoisotopic (exact) mass is 324 g/mol. The number of hydrogen-bond donors (Lipinski definition) is 2. The summed E-state index contributed by atoms with van der Waals surface area (Å²) in [4.78, 5) is 12.4. The SMILES string of the molecule is CCn1c(=O)n(CC)c2cc(NC=C(C#N)c3nn[nH]n3)ccc21. The summed E-state index contributed by atoms with van der Waals surface area (Å²) in [6, 6.07) is 7.64. The largest absolute Gasteiger partial charge is 0.360 e. The van der Waals surface area contributed by atoms with E-state index in [4.69, 9.17) is 0 Å². The number of fused-ring (bicyclic) bond motifs is 1. The number of benzene rings is 1. The molecular formula is C15H16N8O. The molecule has 3 aromatic rings. The summed E-state index contributed by atoms with van der Waals surface area (Å²) in [5.74, 6) is 0.216. The number of rotatable bonds is 5. The van der Waals surface area contributed by atoms with Gasteiger partial charge in [0.1, 0.15) is 11.6 Å². The van der Waals surface area contributed by atoms with Crippen LogP contribution >= 0.6 is 0 Å². The Labute approximate surface area is 137 Å². The van der Waals surface area contributed by atoms with Crippen molar-refractivity contribution in [3.8, 4) is 6.07 Å². The molecule has 9 nitrogen and oxygen atoms in total. The zero-order valence-corrected chi connectivity index (χ0v) is 13.3. The van der Waals surface area contributed by atoms with Crippen LogP contribution in [-0.2, 0) is 13.1 Å². The number of nitrogens with zero attached hydrogens (tertiary/aromatic N) is 6. The lowest BCUT2D eigenvalue weighted by molar-refractivity contribution is 0.671. The molecule has 0 bridgehead atoms. The summed E-state index contributed by atoms with van der Waals surface area (Å²) < 4.78 is 3.45. The van der Waals surface area contributed by atoms with Crippen molar-refractivity contribution in [1.82, 2.24) is 29.8 Å². The van der Waals surface area contributed by atoms with E-state index >= 15 is 0 Å². The van der Waals surface area contributed by atoms with Gasteiger partial charge in [-0.1, -0.05) is 0 Å². The number of nitrogens with one attached hydrogen (secondary N) is 2. The third-order valence-electron chi connectivity index (χ3n) is 3.74. The number of aryl methyl sites for hydroxylation is 2. The highest BCUT2D eigenvalue weighted by atomic mass is 16.1. The number of tetrazole rings is 1. The first-order valence-corrected chi connectivity index (χ1v) is 7.53. The number of aromatic amines is 1. The van der Waals surface area contributed by atoms with Crippen molar-refractivity contribution in [2.75, 3.05) is 5.32 Å². The Kier molecular flexibility index (Phi) is 4.11. The number of anilines is 1. The first-order chi connectivity index (χ1) is 11.7. The predicted molar refractivity (Wildman–Crippen MR) is 88.9 cm³/mol. The second-order valence-electron chi connectivity index (χ2n) is 5.02. The normalized spacial score (nSPS) is 11.6. The number of H-pyrrole nitrogens is 1. The van der Waals surface area contributed by atoms with Gasteiger partial charge in [-0.05, 0) is 37.3 Å². The van der Waals surface area contributed by atoms with Crippen LogP contribution in [-0.4, -0.2) is 29.8 Å². The quantitative estimate of drug-likeness (QED) is 0.684. The van der Waals surface area contributed by atoms with Crippen LogP contribution in [0, 0.1) is 11.3 Å². The second kappa shape index (κ2) is 6.37. The van der Waals surface area contributed by atoms with Crippen molar-refractivity contribution in [2.45, 2.75) is 26.9 Å². The summed E-state index contributed by atoms with van der Waals surface area (Å²) in [6.45, 7) is 5.09. The van der Waals surface area contributed by atoms with Crippen LogP contribution in [0.1, 0.15) is 19.7 Å². The van der Waals surface area contributed by atoms with Crippen molar-refractivity contribution in [2.24, 2.45) is 0 Å². The van der Waals surface area contributed by atoms with Gasteiger partial charge >= 0.3 is 5.69 Å². The molecule has 0 fully saturated rings. The number of hydrogen-bond acceptors (Lipinski definition) is 6. The maximum atomic E-state index is 12.4. The molecule has 0 aliphatic heterocycles. The number of aromatic nitrogens is 6. The molecule has 0 saturated heterocycles. The highest BCUT2D eigenvalue weighted by Crippen LogP contribution is 2.19. The maximum Gasteiger partial charge on any atom is 0.329 e. The smallest absolute Gasteiger partial charge is 0.329 e. The molecule has 122 valence electrons. The Morgan fingerprint density at radius 2 is 2.08 bits per heavy atom. The molecule has 0 aliphatic carbocycles. The van der Waals surface area contributed by atoms with Crippen LogP contribution in [0.2, 0.25) is 0 Å². The number of allylic oxidation sites excluding steroid dienone is 1. The topological polar surface area (TPSA) is 117 Å². The molecule has 2 aromatic heterocycles. The second-order valence-corrected chi connectivity index (χ2v) is 5.02. The van der Waals surface area contributed by atoms with E-state index in [0.717, 1.165) is 16.7 Å². The van der Waals surface area contributed by atoms with E-state index in [1.807, 2.05) is 38.1 Å². The number of nitriles is 1. The van der Waals surface area contributed by atoms with Crippen LogP contribution in [0.4, 0.5) is 5.69 Å². The van der Waals surface area contributed by atoms with E-state index in [0.29, 0.717) is 13.1 Å². The third-order valence-corrected chi connectivity index (χ3v) is 3.74. The average molecular weight is 324 g/mol. The van der Waals surface area contributed by atoms with Gasteiger partial charge in [0.05, 0.1) is 11.0 Å². The molecule has 0 atom stereocenters. The average Bonchev–Trinajstić information content (AvgIpc) is 3.21. The van der Waals surface area contributed by atoms with E-state index in [9.17, 15) is 10.1 Å². The van der Waals surface area contributed by atoms with E-state index in [-0.39, 0.29) is 17.1 Å². The van der Waals surface area contributed by atoms with Crippen molar-refractivity contribution in [1.29, 1.82) is 5.26 Å². The minimum Gasteiger partial charge on any atom is -0.360 e. The van der Waals surface area contributed by atoms with E-state index < -0.39 is 0 Å². The predicted octanol–water partition coefficient (Wildman–Crippen LogP) is 1.33. The van der Waals surface area contributed by atoms with Gasteiger partial charge in [0.2, 0.25) is 5.82 Å². The minimum atomic E-state index is -0.0211. The standard InChI is InChI=1S/C15H16N8O/c1-3-22-12-6-5-11(7-13(12)23(4-2)15(22)24)17-9-10(8-16)14-18-20-21-19-14/h5-7,9,17H,3-4H2,1-2H3,(H,18,19,20,21). The molecule has 9 heteroatoms. The molecule has 0 saturated carbocycles. The zero-order chi connectivity index (χ0) is 17.1. The van der Waals surface area contributed by atoms with Gasteiger partial charge in [-0.3, -0.25) is 9.13 Å². The lowest BCUT2D eigenvalue weighted by atomic mass is 10.2. The Hall–Kier alpha value is -3.41. The molecule has 3 rings (SSSR count). The maximum absolute atomic E-state index is 12.4. The first-order valence-electron chi connectivity index (χ1n) is 7.53. The van der Waals surface area contributed by atoms with Crippen molar-refractivity contribution in [3.63, 3.8) is 0 Å². The van der Waals surface area contributed by atoms with E-state index in [1.165, 1.54) is 6.20 Å². The van der Waals surface area contributed by atoms with Gasteiger partial charge in [0.25, 0.3) is 0 Å². The Morgan fingerprint density at radius 3 is 2.71 bits per heavy atom. The first kappa shape index (κ1) is 15.5. The molecule has 0 radical (unpaired) electrons. The van der Waals surface area contributed by atoms with Gasteiger partial charge in [0.15, 0.2) is 0 Å². The molecular weight excluding hydrogens is 308 g/mol. The molecule has 24 heavy (non-hydrogen) atoms. The molecule has 0 amide bonds. The van der Waals surface area contributed by atoms with E-state index in [1.54, 1.807) is 9.13 Å². The Balaban J connectivity index is 2.00. The van der Waals surface area contributed by atoms with Crippen LogP contribution < -0.4 is 11.0 Å². The number of imidazole rings is 1. The molecule has 1 aromatic carbocycles. The van der Waals surface area contributed by atoms with Crippen molar-refractivity contribution < 1.29 is 0 Å². The van der Waals surface area contributed by atoms with Gasteiger partial charge in [0, 0.05) is 25.0 Å². The molecule has 0 unspecified atom stereocenters. The Bertz CT molecular complexity index is 987. The fourth-order valence-corrected chi connectivity index (χ4v) is 2.60. The van der Waals surface area contributed by atoms with Crippen molar-refractivity contribution in [3.05, 3.63) is 40.7 Å². The van der Waals surface area contributed by atoms with Crippen LogP contribution in [0.15, 0.2) is 29.2 Å². The summed E-state index contributed by atoms with van der Waals surface area (Å²) in [7, 11) is 0. The van der Waals surface area contributed by atoms with Gasteiger partial charge in [-0.2, -0.15) is 10.5 Å². The third kappa shape index (κ3) is 2.54. The van der Waals surface area contributed by atoms with Gasteiger partial charge in [-0.25, -0.2) is 4.79 Å². The molecule has 0 spiro atoms. The fourth-order valence-electron chi connectivity index (χ4n) is 2.60. The minimum absolute atomic E-state index is 0.0211. The van der Waals surface area contributed by atoms with Crippen LogP contribution in [0.3, 0.4) is 0 Å². The summed E-state index contributed by atoms with van der Waals surface area (Å²) in [6.07, 6.45) is 1.51. The molecule has 2 N–H and O–H groups in total. The Morgan fingerprint density at radius 1 is 1.33 bits per heavy atom. The van der Waals surface area contributed by atoms with E-state index in [2.05, 4.69) is 25.9 Å². The van der Waals surface area contributed by atoms with Gasteiger partial charge in [-0.15, -0.1) is 10.2 Å².